The molecule has 0 aromatic heterocycles. The molecule has 26 heavy (non-hydrogen) atoms. The Bertz CT molecular complexity index is 769. The monoisotopic (exact) mass is 387 g/mol. The molecule has 5 heteroatoms. The van der Waals surface area contributed by atoms with Gasteiger partial charge in [-0.25, -0.2) is 0 Å². The average Bonchev–Trinajstić information content (AvgIpc) is 2.86. The molecule has 1 heterocycles. The van der Waals surface area contributed by atoms with Crippen molar-refractivity contribution in [1.29, 1.82) is 0 Å². The number of hydrogen-bond donors (Lipinski definition) is 1. The predicted molar refractivity (Wildman–Crippen MR) is 116 cm³/mol. The molecule has 138 valence electrons. The topological polar surface area (TPSA) is 41.6 Å². The molecule has 0 fully saturated rings. The van der Waals surface area contributed by atoms with Gasteiger partial charge in [-0.1, -0.05) is 49.7 Å². The minimum atomic E-state index is -0.119. The number of fused-ring (bicyclic) bond motifs is 1. The first-order valence-electron chi connectivity index (χ1n) is 9.16. The fraction of sp³-hybridized carbons (Fsp3) is 0.381. The Balaban J connectivity index is 1.85. The summed E-state index contributed by atoms with van der Waals surface area (Å²) in [5.41, 5.74) is 10.8. The van der Waals surface area contributed by atoms with Gasteiger partial charge in [0.1, 0.15) is 0 Å². The zero-order chi connectivity index (χ0) is 18.6. The van der Waals surface area contributed by atoms with Crippen LogP contribution in [-0.4, -0.2) is 23.5 Å². The lowest BCUT2D eigenvalue weighted by Gasteiger charge is -2.30. The molecule has 1 aliphatic heterocycles. The van der Waals surface area contributed by atoms with E-state index in [1.165, 1.54) is 0 Å². The van der Waals surface area contributed by atoms with Crippen LogP contribution in [0.2, 0.25) is 5.02 Å². The minimum Gasteiger partial charge on any atom is -0.324 e. The van der Waals surface area contributed by atoms with Crippen molar-refractivity contribution >= 4 is 40.6 Å². The zero-order valence-corrected chi connectivity index (χ0v) is 17.0. The first kappa shape index (κ1) is 19.3. The summed E-state index contributed by atoms with van der Waals surface area (Å²) in [6.07, 6.45) is 2.86. The van der Waals surface area contributed by atoms with Gasteiger partial charge in [0, 0.05) is 29.3 Å². The third-order valence-corrected chi connectivity index (χ3v) is 6.70. The molecule has 0 unspecified atom stereocenters. The number of nitrogens with zero attached hydrogens (tertiary/aromatic N) is 2. The van der Waals surface area contributed by atoms with Gasteiger partial charge in [-0.15, -0.1) is 0 Å². The van der Waals surface area contributed by atoms with Crippen LogP contribution in [0.1, 0.15) is 38.7 Å². The Morgan fingerprint density at radius 3 is 2.50 bits per heavy atom. The van der Waals surface area contributed by atoms with Crippen molar-refractivity contribution < 1.29 is 0 Å². The van der Waals surface area contributed by atoms with E-state index in [2.05, 4.69) is 36.4 Å². The fourth-order valence-corrected chi connectivity index (χ4v) is 4.41. The maximum Gasteiger partial charge on any atom is 0.0875 e. The standard InChI is InChI=1S/C21H26ClN3S/c1-3-21(23,4-2)15-26-25-14-13-18(16-9-11-17(22)12-10-16)24-19-7-5-6-8-20(19)25/h5-12H,3-4,13-15,23H2,1-2H3. The van der Waals surface area contributed by atoms with Crippen LogP contribution in [0.4, 0.5) is 11.4 Å². The Morgan fingerprint density at radius 2 is 1.81 bits per heavy atom. The van der Waals surface area contributed by atoms with Gasteiger partial charge < -0.3 is 10.0 Å². The van der Waals surface area contributed by atoms with Crippen LogP contribution in [0, 0.1) is 0 Å². The smallest absolute Gasteiger partial charge is 0.0875 e. The average molecular weight is 388 g/mol. The van der Waals surface area contributed by atoms with Gasteiger partial charge in [-0.2, -0.15) is 0 Å². The van der Waals surface area contributed by atoms with E-state index in [-0.39, 0.29) is 5.54 Å². The van der Waals surface area contributed by atoms with Crippen molar-refractivity contribution in [1.82, 2.24) is 0 Å². The van der Waals surface area contributed by atoms with Crippen molar-refractivity contribution in [3.05, 3.63) is 59.1 Å². The Morgan fingerprint density at radius 1 is 1.12 bits per heavy atom. The highest BCUT2D eigenvalue weighted by Gasteiger charge is 2.24. The summed E-state index contributed by atoms with van der Waals surface area (Å²) in [5, 5.41) is 0.749. The molecule has 0 aliphatic carbocycles. The second-order valence-electron chi connectivity index (χ2n) is 6.75. The van der Waals surface area contributed by atoms with Crippen LogP contribution in [0.5, 0.6) is 0 Å². The quantitative estimate of drug-likeness (QED) is 0.633. The van der Waals surface area contributed by atoms with Gasteiger partial charge in [-0.3, -0.25) is 4.99 Å². The number of anilines is 1. The van der Waals surface area contributed by atoms with Gasteiger partial charge in [0.2, 0.25) is 0 Å². The van der Waals surface area contributed by atoms with E-state index in [0.29, 0.717) is 0 Å². The molecule has 0 saturated carbocycles. The molecule has 0 saturated heterocycles. The van der Waals surface area contributed by atoms with Gasteiger partial charge in [0.15, 0.2) is 0 Å². The molecule has 2 aromatic carbocycles. The molecule has 0 spiro atoms. The number of aliphatic imine (C=N–C) groups is 1. The second-order valence-corrected chi connectivity index (χ2v) is 8.17. The summed E-state index contributed by atoms with van der Waals surface area (Å²) < 4.78 is 2.36. The summed E-state index contributed by atoms with van der Waals surface area (Å²) in [5.74, 6) is 0.907. The Hall–Kier alpha value is -1.49. The van der Waals surface area contributed by atoms with E-state index < -0.39 is 0 Å². The molecular weight excluding hydrogens is 362 g/mol. The molecule has 0 radical (unpaired) electrons. The maximum atomic E-state index is 6.52. The van der Waals surface area contributed by atoms with E-state index >= 15 is 0 Å². The van der Waals surface area contributed by atoms with Gasteiger partial charge >= 0.3 is 0 Å². The largest absolute Gasteiger partial charge is 0.324 e. The molecular formula is C21H26ClN3S. The summed E-state index contributed by atoms with van der Waals surface area (Å²) >= 11 is 7.86. The molecule has 2 aromatic rings. The van der Waals surface area contributed by atoms with Crippen LogP contribution in [0.15, 0.2) is 53.5 Å². The van der Waals surface area contributed by atoms with E-state index in [0.717, 1.165) is 59.2 Å². The molecule has 0 bridgehead atoms. The molecule has 2 N–H and O–H groups in total. The normalized spacial score (nSPS) is 14.6. The number of nitrogens with two attached hydrogens (primary N) is 1. The number of halogens is 1. The summed E-state index contributed by atoms with van der Waals surface area (Å²) in [4.78, 5) is 4.96. The van der Waals surface area contributed by atoms with E-state index in [9.17, 15) is 0 Å². The molecule has 3 rings (SSSR count). The highest BCUT2D eigenvalue weighted by Crippen LogP contribution is 2.37. The third kappa shape index (κ3) is 4.43. The van der Waals surface area contributed by atoms with Crippen molar-refractivity contribution in [3.8, 4) is 0 Å². The molecule has 0 atom stereocenters. The van der Waals surface area contributed by atoms with Crippen LogP contribution < -0.4 is 10.0 Å². The Labute approximate surface area is 165 Å². The van der Waals surface area contributed by atoms with Gasteiger partial charge in [-0.05, 0) is 54.6 Å². The SMILES string of the molecule is CCC(N)(CC)CSN1CCC(c2ccc(Cl)cc2)=Nc2ccccc21. The van der Waals surface area contributed by atoms with Crippen LogP contribution >= 0.6 is 23.5 Å². The van der Waals surface area contributed by atoms with E-state index in [1.807, 2.05) is 42.3 Å². The lowest BCUT2D eigenvalue weighted by Crippen LogP contribution is -2.42. The highest BCUT2D eigenvalue weighted by atomic mass is 35.5. The predicted octanol–water partition coefficient (Wildman–Crippen LogP) is 5.84. The van der Waals surface area contributed by atoms with Gasteiger partial charge in [0.05, 0.1) is 17.1 Å². The third-order valence-electron chi connectivity index (χ3n) is 5.05. The van der Waals surface area contributed by atoms with Crippen molar-refractivity contribution in [2.45, 2.75) is 38.6 Å². The molecule has 3 nitrogen and oxygen atoms in total. The number of para-hydroxylation sites is 2. The van der Waals surface area contributed by atoms with Crippen LogP contribution in [0.25, 0.3) is 0 Å². The van der Waals surface area contributed by atoms with E-state index in [1.54, 1.807) is 0 Å². The lowest BCUT2D eigenvalue weighted by atomic mass is 9.97. The highest BCUT2D eigenvalue weighted by molar-refractivity contribution is 8.00. The van der Waals surface area contributed by atoms with Gasteiger partial charge in [0.25, 0.3) is 0 Å². The van der Waals surface area contributed by atoms with Crippen molar-refractivity contribution in [2.75, 3.05) is 16.6 Å². The van der Waals surface area contributed by atoms with E-state index in [4.69, 9.17) is 22.3 Å². The molecule has 0 amide bonds. The maximum absolute atomic E-state index is 6.52. The Kier molecular flexibility index (Phi) is 6.28. The lowest BCUT2D eigenvalue weighted by molar-refractivity contribution is 0.446. The summed E-state index contributed by atoms with van der Waals surface area (Å²) in [7, 11) is 0. The van der Waals surface area contributed by atoms with Crippen molar-refractivity contribution in [3.63, 3.8) is 0 Å². The van der Waals surface area contributed by atoms with Crippen LogP contribution in [0.3, 0.4) is 0 Å². The fourth-order valence-electron chi connectivity index (χ4n) is 2.94. The second kappa shape index (κ2) is 8.47. The van der Waals surface area contributed by atoms with Crippen molar-refractivity contribution in [2.24, 2.45) is 10.7 Å². The number of hydrogen-bond acceptors (Lipinski definition) is 4. The number of benzene rings is 2. The summed E-state index contributed by atoms with van der Waals surface area (Å²) in [6, 6.07) is 16.3. The minimum absolute atomic E-state index is 0.119. The van der Waals surface area contributed by atoms with Crippen LogP contribution in [-0.2, 0) is 0 Å². The molecule has 1 aliphatic rings. The first-order valence-corrected chi connectivity index (χ1v) is 10.5. The first-order chi connectivity index (χ1) is 12.5. The number of rotatable bonds is 6. The summed E-state index contributed by atoms with van der Waals surface area (Å²) in [6.45, 7) is 5.25. The zero-order valence-electron chi connectivity index (χ0n) is 15.4.